The summed E-state index contributed by atoms with van der Waals surface area (Å²) in [5.41, 5.74) is 0.564. The number of hydrogen-bond donors (Lipinski definition) is 2. The Kier molecular flexibility index (Phi) is 3.09. The third-order valence-electron chi connectivity index (χ3n) is 1.68. The summed E-state index contributed by atoms with van der Waals surface area (Å²) in [6.07, 6.45) is -1.71. The SMILES string of the molecule is C[C@H](O)[C@@H](O)c1ccccc1Cl. The van der Waals surface area contributed by atoms with Crippen LogP contribution in [0.15, 0.2) is 24.3 Å². The molecule has 0 aliphatic heterocycles. The average Bonchev–Trinajstić information content (AvgIpc) is 2.04. The second kappa shape index (κ2) is 3.90. The van der Waals surface area contributed by atoms with Crippen LogP contribution in [0.2, 0.25) is 5.02 Å². The molecule has 0 saturated carbocycles. The van der Waals surface area contributed by atoms with Gasteiger partial charge in [-0.25, -0.2) is 0 Å². The van der Waals surface area contributed by atoms with E-state index in [0.717, 1.165) is 0 Å². The zero-order chi connectivity index (χ0) is 9.14. The minimum absolute atomic E-state index is 0.478. The lowest BCUT2D eigenvalue weighted by atomic mass is 10.1. The van der Waals surface area contributed by atoms with Gasteiger partial charge in [0.15, 0.2) is 0 Å². The van der Waals surface area contributed by atoms with Crippen LogP contribution in [0.1, 0.15) is 18.6 Å². The number of rotatable bonds is 2. The van der Waals surface area contributed by atoms with Gasteiger partial charge in [0.2, 0.25) is 0 Å². The van der Waals surface area contributed by atoms with E-state index in [0.29, 0.717) is 10.6 Å². The van der Waals surface area contributed by atoms with Crippen LogP contribution >= 0.6 is 11.6 Å². The molecule has 66 valence electrons. The van der Waals surface area contributed by atoms with Crippen molar-refractivity contribution in [1.29, 1.82) is 0 Å². The van der Waals surface area contributed by atoms with E-state index in [1.165, 1.54) is 6.92 Å². The van der Waals surface area contributed by atoms with Crippen LogP contribution in [0.4, 0.5) is 0 Å². The van der Waals surface area contributed by atoms with Gasteiger partial charge in [-0.05, 0) is 13.0 Å². The molecule has 0 amide bonds. The van der Waals surface area contributed by atoms with Crippen molar-refractivity contribution < 1.29 is 10.2 Å². The van der Waals surface area contributed by atoms with Gasteiger partial charge in [-0.2, -0.15) is 0 Å². The van der Waals surface area contributed by atoms with Gasteiger partial charge in [-0.15, -0.1) is 0 Å². The maximum atomic E-state index is 9.44. The number of aliphatic hydroxyl groups is 2. The predicted molar refractivity (Wildman–Crippen MR) is 48.1 cm³/mol. The van der Waals surface area contributed by atoms with Crippen molar-refractivity contribution in [3.8, 4) is 0 Å². The normalized spacial score (nSPS) is 15.7. The van der Waals surface area contributed by atoms with E-state index in [4.69, 9.17) is 16.7 Å². The van der Waals surface area contributed by atoms with Crippen molar-refractivity contribution in [2.75, 3.05) is 0 Å². The Hall–Kier alpha value is -0.570. The fourth-order valence-electron chi connectivity index (χ4n) is 0.975. The molecule has 0 aliphatic carbocycles. The van der Waals surface area contributed by atoms with Crippen LogP contribution in [0.5, 0.6) is 0 Å². The zero-order valence-electron chi connectivity index (χ0n) is 6.74. The molecule has 0 unspecified atom stereocenters. The molecule has 0 spiro atoms. The summed E-state index contributed by atoms with van der Waals surface area (Å²) >= 11 is 5.79. The molecule has 12 heavy (non-hydrogen) atoms. The molecular formula is C9H11ClO2. The second-order valence-corrected chi connectivity index (χ2v) is 3.11. The molecule has 3 heteroatoms. The van der Waals surface area contributed by atoms with Crippen LogP contribution in [-0.4, -0.2) is 16.3 Å². The Bertz CT molecular complexity index is 260. The summed E-state index contributed by atoms with van der Waals surface area (Å²) in [4.78, 5) is 0. The van der Waals surface area contributed by atoms with Crippen molar-refractivity contribution in [3.05, 3.63) is 34.9 Å². The van der Waals surface area contributed by atoms with Crippen LogP contribution in [0, 0.1) is 0 Å². The molecule has 0 bridgehead atoms. The second-order valence-electron chi connectivity index (χ2n) is 2.71. The molecule has 0 fully saturated rings. The van der Waals surface area contributed by atoms with Crippen LogP contribution < -0.4 is 0 Å². The number of aliphatic hydroxyl groups excluding tert-OH is 2. The summed E-state index contributed by atoms with van der Waals surface area (Å²) < 4.78 is 0. The maximum Gasteiger partial charge on any atom is 0.106 e. The van der Waals surface area contributed by atoms with Gasteiger partial charge < -0.3 is 10.2 Å². The monoisotopic (exact) mass is 186 g/mol. The first kappa shape index (κ1) is 9.52. The highest BCUT2D eigenvalue weighted by Crippen LogP contribution is 2.24. The molecule has 0 aliphatic rings. The largest absolute Gasteiger partial charge is 0.390 e. The average molecular weight is 187 g/mol. The lowest BCUT2D eigenvalue weighted by molar-refractivity contribution is 0.0306. The van der Waals surface area contributed by atoms with E-state index in [-0.39, 0.29) is 0 Å². The van der Waals surface area contributed by atoms with Gasteiger partial charge in [0.1, 0.15) is 6.10 Å². The number of halogens is 1. The predicted octanol–water partition coefficient (Wildman–Crippen LogP) is 1.75. The van der Waals surface area contributed by atoms with E-state index in [9.17, 15) is 5.11 Å². The van der Waals surface area contributed by atoms with Crippen molar-refractivity contribution in [2.45, 2.75) is 19.1 Å². The number of hydrogen-bond acceptors (Lipinski definition) is 2. The minimum atomic E-state index is -0.904. The lowest BCUT2D eigenvalue weighted by Crippen LogP contribution is -2.13. The zero-order valence-corrected chi connectivity index (χ0v) is 7.49. The molecule has 1 aromatic carbocycles. The maximum absolute atomic E-state index is 9.44. The van der Waals surface area contributed by atoms with Crippen molar-refractivity contribution in [3.63, 3.8) is 0 Å². The highest BCUT2D eigenvalue weighted by molar-refractivity contribution is 6.31. The summed E-state index contributed by atoms with van der Waals surface area (Å²) in [6, 6.07) is 6.93. The summed E-state index contributed by atoms with van der Waals surface area (Å²) in [5.74, 6) is 0. The smallest absolute Gasteiger partial charge is 0.106 e. The number of benzene rings is 1. The first-order valence-corrected chi connectivity index (χ1v) is 4.11. The summed E-state index contributed by atoms with van der Waals surface area (Å²) in [6.45, 7) is 1.52. The fraction of sp³-hybridized carbons (Fsp3) is 0.333. The third-order valence-corrected chi connectivity index (χ3v) is 2.03. The Balaban J connectivity index is 2.94. The highest BCUT2D eigenvalue weighted by Gasteiger charge is 2.15. The quantitative estimate of drug-likeness (QED) is 0.739. The summed E-state index contributed by atoms with van der Waals surface area (Å²) in [5, 5.41) is 19.0. The van der Waals surface area contributed by atoms with Crippen molar-refractivity contribution in [2.24, 2.45) is 0 Å². The molecule has 1 aromatic rings. The fourth-order valence-corrected chi connectivity index (χ4v) is 1.22. The lowest BCUT2D eigenvalue weighted by Gasteiger charge is -2.14. The highest BCUT2D eigenvalue weighted by atomic mass is 35.5. The molecule has 0 aromatic heterocycles. The van der Waals surface area contributed by atoms with Gasteiger partial charge in [0, 0.05) is 10.6 Å². The standard InChI is InChI=1S/C9H11ClO2/c1-6(11)9(12)7-4-2-3-5-8(7)10/h2-6,9,11-12H,1H3/t6-,9+/m0/s1. The topological polar surface area (TPSA) is 40.5 Å². The third kappa shape index (κ3) is 1.97. The van der Waals surface area contributed by atoms with E-state index >= 15 is 0 Å². The first-order valence-electron chi connectivity index (χ1n) is 3.73. The van der Waals surface area contributed by atoms with Crippen molar-refractivity contribution >= 4 is 11.6 Å². The van der Waals surface area contributed by atoms with E-state index in [1.54, 1.807) is 24.3 Å². The van der Waals surface area contributed by atoms with Crippen LogP contribution in [0.25, 0.3) is 0 Å². The molecule has 0 saturated heterocycles. The van der Waals surface area contributed by atoms with E-state index in [2.05, 4.69) is 0 Å². The summed E-state index contributed by atoms with van der Waals surface area (Å²) in [7, 11) is 0. The van der Waals surface area contributed by atoms with Gasteiger partial charge in [0.05, 0.1) is 6.10 Å². The molecule has 1 rings (SSSR count). The molecule has 2 N–H and O–H groups in total. The molecule has 2 nitrogen and oxygen atoms in total. The van der Waals surface area contributed by atoms with Gasteiger partial charge in [0.25, 0.3) is 0 Å². The Morgan fingerprint density at radius 1 is 1.25 bits per heavy atom. The van der Waals surface area contributed by atoms with Crippen LogP contribution in [0.3, 0.4) is 0 Å². The van der Waals surface area contributed by atoms with Crippen LogP contribution in [-0.2, 0) is 0 Å². The molecule has 0 radical (unpaired) electrons. The first-order chi connectivity index (χ1) is 5.63. The Morgan fingerprint density at radius 3 is 2.33 bits per heavy atom. The minimum Gasteiger partial charge on any atom is -0.390 e. The van der Waals surface area contributed by atoms with Gasteiger partial charge in [-0.1, -0.05) is 29.8 Å². The van der Waals surface area contributed by atoms with E-state index < -0.39 is 12.2 Å². The van der Waals surface area contributed by atoms with E-state index in [1.807, 2.05) is 0 Å². The molecule has 0 heterocycles. The van der Waals surface area contributed by atoms with Crippen molar-refractivity contribution in [1.82, 2.24) is 0 Å². The molecular weight excluding hydrogens is 176 g/mol. The van der Waals surface area contributed by atoms with Gasteiger partial charge >= 0.3 is 0 Å². The Labute approximate surface area is 76.4 Å². The Morgan fingerprint density at radius 2 is 1.83 bits per heavy atom. The molecule has 2 atom stereocenters. The van der Waals surface area contributed by atoms with Gasteiger partial charge in [-0.3, -0.25) is 0 Å².